The highest BCUT2D eigenvalue weighted by Gasteiger charge is 2.51. The summed E-state index contributed by atoms with van der Waals surface area (Å²) in [5, 5.41) is 18.6. The Hall–Kier alpha value is -0.370. The molecule has 3 atom stereocenters. The summed E-state index contributed by atoms with van der Waals surface area (Å²) < 4.78 is 0. The lowest BCUT2D eigenvalue weighted by Crippen LogP contribution is -2.71. The summed E-state index contributed by atoms with van der Waals surface area (Å²) in [5.41, 5.74) is 6.58. The van der Waals surface area contributed by atoms with Gasteiger partial charge in [-0.1, -0.05) is 0 Å². The molecule has 2 unspecified atom stereocenters. The standard InChI is InChI=1S/C8H12N2O3S2/c9-4-6(11)10-5(8(12)13)3(1-14)2-15-7(4)10/h4,6-7,11,14H,1-2,9H2,(H,12,13)/t4?,6-,7?/m0/s1. The Morgan fingerprint density at radius 2 is 2.40 bits per heavy atom. The molecule has 0 radical (unpaired) electrons. The van der Waals surface area contributed by atoms with Gasteiger partial charge in [0, 0.05) is 11.5 Å². The average molecular weight is 248 g/mol. The molecule has 0 bridgehead atoms. The van der Waals surface area contributed by atoms with Gasteiger partial charge in [0.05, 0.1) is 11.4 Å². The van der Waals surface area contributed by atoms with E-state index in [2.05, 4.69) is 12.6 Å². The number of carboxylic acids is 1. The number of hydrogen-bond acceptors (Lipinski definition) is 6. The molecule has 5 nitrogen and oxygen atoms in total. The molecule has 0 aromatic heterocycles. The van der Waals surface area contributed by atoms with Crippen LogP contribution in [0.1, 0.15) is 0 Å². The quantitative estimate of drug-likeness (QED) is 0.483. The zero-order chi connectivity index (χ0) is 11.2. The Bertz CT molecular complexity index is 334. The van der Waals surface area contributed by atoms with Crippen molar-refractivity contribution in [3.8, 4) is 0 Å². The lowest BCUT2D eigenvalue weighted by atomic mass is 10.0. The number of nitrogens with zero attached hydrogens (tertiary/aromatic N) is 1. The van der Waals surface area contributed by atoms with Gasteiger partial charge in [0.15, 0.2) is 0 Å². The molecular formula is C8H12N2O3S2. The van der Waals surface area contributed by atoms with E-state index >= 15 is 0 Å². The van der Waals surface area contributed by atoms with Crippen LogP contribution in [0.3, 0.4) is 0 Å². The number of nitrogens with two attached hydrogens (primary N) is 1. The third kappa shape index (κ3) is 1.54. The predicted molar refractivity (Wildman–Crippen MR) is 60.6 cm³/mol. The van der Waals surface area contributed by atoms with Crippen LogP contribution in [0, 0.1) is 0 Å². The van der Waals surface area contributed by atoms with Gasteiger partial charge < -0.3 is 20.8 Å². The molecular weight excluding hydrogens is 236 g/mol. The maximum atomic E-state index is 11.1. The number of hydrogen-bond donors (Lipinski definition) is 4. The third-order valence-electron chi connectivity index (χ3n) is 2.65. The van der Waals surface area contributed by atoms with Crippen molar-refractivity contribution < 1.29 is 15.0 Å². The van der Waals surface area contributed by atoms with Crippen LogP contribution in [0.5, 0.6) is 0 Å². The number of aliphatic hydroxyl groups excluding tert-OH is 1. The lowest BCUT2D eigenvalue weighted by Gasteiger charge is -2.54. The van der Waals surface area contributed by atoms with E-state index in [0.29, 0.717) is 11.5 Å². The molecule has 0 amide bonds. The number of rotatable bonds is 2. The van der Waals surface area contributed by atoms with Gasteiger partial charge >= 0.3 is 5.97 Å². The fraction of sp³-hybridized carbons (Fsp3) is 0.625. The molecule has 84 valence electrons. The van der Waals surface area contributed by atoms with Crippen LogP contribution in [0.4, 0.5) is 0 Å². The molecule has 2 heterocycles. The van der Waals surface area contributed by atoms with Gasteiger partial charge in [-0.25, -0.2) is 4.79 Å². The van der Waals surface area contributed by atoms with E-state index in [0.717, 1.165) is 5.57 Å². The van der Waals surface area contributed by atoms with Crippen molar-refractivity contribution in [2.45, 2.75) is 17.6 Å². The molecule has 1 fully saturated rings. The van der Waals surface area contributed by atoms with Gasteiger partial charge in [-0.3, -0.25) is 0 Å². The van der Waals surface area contributed by atoms with Gasteiger partial charge in [0.25, 0.3) is 0 Å². The lowest BCUT2D eigenvalue weighted by molar-refractivity contribution is -0.143. The zero-order valence-corrected chi connectivity index (χ0v) is 9.54. The number of carbonyl (C=O) groups is 1. The van der Waals surface area contributed by atoms with E-state index in [9.17, 15) is 9.90 Å². The first kappa shape index (κ1) is 11.1. The van der Waals surface area contributed by atoms with E-state index in [1.807, 2.05) is 0 Å². The fourth-order valence-electron chi connectivity index (χ4n) is 1.84. The molecule has 1 saturated heterocycles. The minimum Gasteiger partial charge on any atom is -0.477 e. The number of fused-ring (bicyclic) bond motifs is 1. The summed E-state index contributed by atoms with van der Waals surface area (Å²) in [6, 6.07) is -0.370. The highest BCUT2D eigenvalue weighted by molar-refractivity contribution is 8.00. The van der Waals surface area contributed by atoms with E-state index in [-0.39, 0.29) is 17.1 Å². The van der Waals surface area contributed by atoms with Crippen molar-refractivity contribution in [2.24, 2.45) is 5.73 Å². The topological polar surface area (TPSA) is 86.8 Å². The predicted octanol–water partition coefficient (Wildman–Crippen LogP) is -0.711. The van der Waals surface area contributed by atoms with Crippen LogP contribution < -0.4 is 5.73 Å². The molecule has 0 spiro atoms. The molecule has 2 aliphatic rings. The smallest absolute Gasteiger partial charge is 0.352 e. The Morgan fingerprint density at radius 3 is 2.93 bits per heavy atom. The van der Waals surface area contributed by atoms with Crippen LogP contribution in [-0.4, -0.2) is 50.2 Å². The first-order valence-electron chi connectivity index (χ1n) is 4.47. The van der Waals surface area contributed by atoms with Crippen molar-refractivity contribution >= 4 is 30.4 Å². The van der Waals surface area contributed by atoms with Crippen molar-refractivity contribution in [3.63, 3.8) is 0 Å². The van der Waals surface area contributed by atoms with Gasteiger partial charge in [-0.15, -0.1) is 11.8 Å². The third-order valence-corrected chi connectivity index (χ3v) is 4.43. The average Bonchev–Trinajstić information content (AvgIpc) is 2.25. The van der Waals surface area contributed by atoms with E-state index in [1.54, 1.807) is 11.8 Å². The number of thioether (sulfide) groups is 1. The van der Waals surface area contributed by atoms with Crippen LogP contribution in [0.2, 0.25) is 0 Å². The van der Waals surface area contributed by atoms with Gasteiger partial charge in [-0.2, -0.15) is 12.6 Å². The Balaban J connectivity index is 2.33. The fourth-order valence-corrected chi connectivity index (χ4v) is 3.61. The molecule has 0 aliphatic carbocycles. The second-order valence-electron chi connectivity index (χ2n) is 3.52. The molecule has 2 rings (SSSR count). The second kappa shape index (κ2) is 3.89. The van der Waals surface area contributed by atoms with Crippen LogP contribution in [-0.2, 0) is 4.79 Å². The molecule has 15 heavy (non-hydrogen) atoms. The molecule has 2 aliphatic heterocycles. The highest BCUT2D eigenvalue weighted by atomic mass is 32.2. The van der Waals surface area contributed by atoms with Crippen LogP contribution >= 0.6 is 24.4 Å². The largest absolute Gasteiger partial charge is 0.477 e. The zero-order valence-electron chi connectivity index (χ0n) is 7.83. The summed E-state index contributed by atoms with van der Waals surface area (Å²) >= 11 is 5.64. The first-order valence-corrected chi connectivity index (χ1v) is 6.15. The minimum atomic E-state index is -1.02. The second-order valence-corrected chi connectivity index (χ2v) is 4.94. The molecule has 0 aromatic rings. The van der Waals surface area contributed by atoms with Crippen molar-refractivity contribution in [3.05, 3.63) is 11.3 Å². The summed E-state index contributed by atoms with van der Waals surface area (Å²) in [6.07, 6.45) is -0.885. The Kier molecular flexibility index (Phi) is 2.89. The maximum absolute atomic E-state index is 11.1. The monoisotopic (exact) mass is 248 g/mol. The van der Waals surface area contributed by atoms with E-state index in [4.69, 9.17) is 10.8 Å². The van der Waals surface area contributed by atoms with Crippen molar-refractivity contribution in [1.29, 1.82) is 0 Å². The first-order chi connectivity index (χ1) is 7.07. The number of thiol groups is 1. The maximum Gasteiger partial charge on any atom is 0.352 e. The van der Waals surface area contributed by atoms with Crippen LogP contribution in [0.25, 0.3) is 0 Å². The highest BCUT2D eigenvalue weighted by Crippen LogP contribution is 2.41. The summed E-state index contributed by atoms with van der Waals surface area (Å²) in [4.78, 5) is 12.5. The SMILES string of the molecule is NC1C2SCC(CS)=C(C(=O)O)N2[C@H]1O. The molecule has 7 heteroatoms. The summed E-state index contributed by atoms with van der Waals surface area (Å²) in [7, 11) is 0. The van der Waals surface area contributed by atoms with Crippen molar-refractivity contribution in [1.82, 2.24) is 4.90 Å². The van der Waals surface area contributed by atoms with Gasteiger partial charge in [-0.05, 0) is 5.57 Å². The van der Waals surface area contributed by atoms with Gasteiger partial charge in [0.1, 0.15) is 11.9 Å². The Morgan fingerprint density at radius 1 is 1.73 bits per heavy atom. The number of carboxylic acid groups (broad SMARTS) is 1. The summed E-state index contributed by atoms with van der Waals surface area (Å²) in [6.45, 7) is 0. The molecule has 4 N–H and O–H groups in total. The van der Waals surface area contributed by atoms with E-state index < -0.39 is 12.2 Å². The minimum absolute atomic E-state index is 0.116. The molecule has 0 saturated carbocycles. The van der Waals surface area contributed by atoms with E-state index in [1.165, 1.54) is 4.90 Å². The normalized spacial score (nSPS) is 34.9. The Labute approximate surface area is 96.7 Å². The number of aliphatic hydroxyl groups is 1. The van der Waals surface area contributed by atoms with Crippen molar-refractivity contribution in [2.75, 3.05) is 11.5 Å². The molecule has 0 aromatic carbocycles. The summed E-state index contributed by atoms with van der Waals surface area (Å²) in [5.74, 6) is -0.0118. The van der Waals surface area contributed by atoms with Crippen LogP contribution in [0.15, 0.2) is 11.3 Å². The number of aliphatic carboxylic acids is 1. The van der Waals surface area contributed by atoms with Gasteiger partial charge in [0.2, 0.25) is 0 Å².